The van der Waals surface area contributed by atoms with E-state index in [0.717, 1.165) is 23.4 Å². The van der Waals surface area contributed by atoms with Crippen molar-refractivity contribution in [3.05, 3.63) is 60.2 Å². The van der Waals surface area contributed by atoms with Crippen molar-refractivity contribution in [2.24, 2.45) is 0 Å². The topological polar surface area (TPSA) is 50.4 Å². The number of anilines is 1. The van der Waals surface area contributed by atoms with Gasteiger partial charge in [0.05, 0.1) is 0 Å². The summed E-state index contributed by atoms with van der Waals surface area (Å²) in [4.78, 5) is 12.0. The van der Waals surface area contributed by atoms with Crippen LogP contribution in [0.15, 0.2) is 54.6 Å². The fraction of sp³-hybridized carbons (Fsp3) is 0.278. The Kier molecular flexibility index (Phi) is 5.83. The monoisotopic (exact) mass is 298 g/mol. The van der Waals surface area contributed by atoms with Gasteiger partial charge < -0.3 is 15.4 Å². The fourth-order valence-corrected chi connectivity index (χ4v) is 2.13. The van der Waals surface area contributed by atoms with Gasteiger partial charge in [-0.1, -0.05) is 50.2 Å². The van der Waals surface area contributed by atoms with Gasteiger partial charge in [-0.3, -0.25) is 0 Å². The van der Waals surface area contributed by atoms with E-state index in [-0.39, 0.29) is 12.8 Å². The van der Waals surface area contributed by atoms with Crippen LogP contribution in [0.2, 0.25) is 0 Å². The molecule has 2 amide bonds. The fourth-order valence-electron chi connectivity index (χ4n) is 2.13. The van der Waals surface area contributed by atoms with E-state index in [2.05, 4.69) is 24.5 Å². The Hall–Kier alpha value is -2.49. The molecule has 0 radical (unpaired) electrons. The van der Waals surface area contributed by atoms with Gasteiger partial charge in [0.2, 0.25) is 0 Å². The molecule has 2 rings (SSSR count). The molecule has 0 saturated carbocycles. The quantitative estimate of drug-likeness (QED) is 0.779. The summed E-state index contributed by atoms with van der Waals surface area (Å²) < 4.78 is 5.44. The standard InChI is InChI=1S/C18H22N2O2/c1-3-14(2)16-11-7-8-12-17(16)20-18(21)19-13-22-15-9-5-4-6-10-15/h4-12,14H,3,13H2,1-2H3,(H2,19,20,21). The van der Waals surface area contributed by atoms with Crippen LogP contribution in [0.4, 0.5) is 10.5 Å². The summed E-state index contributed by atoms with van der Waals surface area (Å²) in [7, 11) is 0. The molecule has 0 aliphatic carbocycles. The molecule has 2 N–H and O–H groups in total. The van der Waals surface area contributed by atoms with Crippen LogP contribution in [0.3, 0.4) is 0 Å². The summed E-state index contributed by atoms with van der Waals surface area (Å²) >= 11 is 0. The summed E-state index contributed by atoms with van der Waals surface area (Å²) in [6, 6.07) is 17.0. The molecule has 0 aliphatic heterocycles. The molecule has 116 valence electrons. The first-order chi connectivity index (χ1) is 10.7. The second-order valence-corrected chi connectivity index (χ2v) is 5.13. The summed E-state index contributed by atoms with van der Waals surface area (Å²) in [6.45, 7) is 4.41. The van der Waals surface area contributed by atoms with Crippen LogP contribution in [-0.2, 0) is 0 Å². The third-order valence-corrected chi connectivity index (χ3v) is 3.57. The third-order valence-electron chi connectivity index (χ3n) is 3.57. The number of carbonyl (C=O) groups is 1. The zero-order valence-electron chi connectivity index (χ0n) is 13.0. The zero-order valence-corrected chi connectivity index (χ0v) is 13.0. The largest absolute Gasteiger partial charge is 0.473 e. The van der Waals surface area contributed by atoms with Crippen molar-refractivity contribution in [2.45, 2.75) is 26.2 Å². The number of nitrogens with one attached hydrogen (secondary N) is 2. The predicted octanol–water partition coefficient (Wildman–Crippen LogP) is 4.36. The average Bonchev–Trinajstić information content (AvgIpc) is 2.55. The van der Waals surface area contributed by atoms with Gasteiger partial charge in [0, 0.05) is 5.69 Å². The molecule has 0 bridgehead atoms. The smallest absolute Gasteiger partial charge is 0.321 e. The number of para-hydroxylation sites is 2. The molecule has 22 heavy (non-hydrogen) atoms. The molecule has 0 aromatic heterocycles. The summed E-state index contributed by atoms with van der Waals surface area (Å²) in [5, 5.41) is 5.57. The minimum Gasteiger partial charge on any atom is -0.473 e. The second-order valence-electron chi connectivity index (χ2n) is 5.13. The maximum atomic E-state index is 12.0. The molecule has 1 atom stereocenters. The molecule has 0 fully saturated rings. The Balaban J connectivity index is 1.87. The van der Waals surface area contributed by atoms with Crippen LogP contribution in [0.25, 0.3) is 0 Å². The highest BCUT2D eigenvalue weighted by Gasteiger charge is 2.10. The van der Waals surface area contributed by atoms with E-state index in [1.807, 2.05) is 54.6 Å². The minimum atomic E-state index is -0.272. The third kappa shape index (κ3) is 4.52. The van der Waals surface area contributed by atoms with Crippen LogP contribution in [0.5, 0.6) is 5.75 Å². The van der Waals surface area contributed by atoms with Crippen molar-refractivity contribution in [3.8, 4) is 5.75 Å². The number of carbonyl (C=O) groups excluding carboxylic acids is 1. The van der Waals surface area contributed by atoms with E-state index in [1.54, 1.807) is 0 Å². The van der Waals surface area contributed by atoms with Crippen molar-refractivity contribution in [1.29, 1.82) is 0 Å². The van der Waals surface area contributed by atoms with Crippen LogP contribution < -0.4 is 15.4 Å². The highest BCUT2D eigenvalue weighted by atomic mass is 16.5. The number of urea groups is 1. The van der Waals surface area contributed by atoms with E-state index in [1.165, 1.54) is 0 Å². The lowest BCUT2D eigenvalue weighted by atomic mass is 9.97. The summed E-state index contributed by atoms with van der Waals surface area (Å²) in [5.41, 5.74) is 1.98. The maximum Gasteiger partial charge on any atom is 0.321 e. The van der Waals surface area contributed by atoms with Gasteiger partial charge in [-0.25, -0.2) is 4.79 Å². The van der Waals surface area contributed by atoms with Gasteiger partial charge in [-0.2, -0.15) is 0 Å². The molecule has 0 heterocycles. The number of rotatable bonds is 6. The van der Waals surface area contributed by atoms with E-state index in [9.17, 15) is 4.79 Å². The van der Waals surface area contributed by atoms with E-state index >= 15 is 0 Å². The van der Waals surface area contributed by atoms with Crippen molar-refractivity contribution in [2.75, 3.05) is 12.0 Å². The lowest BCUT2D eigenvalue weighted by molar-refractivity contribution is 0.234. The first kappa shape index (κ1) is 15.9. The molecule has 0 aliphatic rings. The number of amides is 2. The lowest BCUT2D eigenvalue weighted by Crippen LogP contribution is -2.32. The molecule has 2 aromatic carbocycles. The molecule has 2 aromatic rings. The average molecular weight is 298 g/mol. The molecule has 4 heteroatoms. The van der Waals surface area contributed by atoms with Crippen molar-refractivity contribution >= 4 is 11.7 Å². The Bertz CT molecular complexity index is 599. The molecule has 4 nitrogen and oxygen atoms in total. The Morgan fingerprint density at radius 3 is 2.50 bits per heavy atom. The highest BCUT2D eigenvalue weighted by Crippen LogP contribution is 2.26. The second kappa shape index (κ2) is 8.08. The Labute approximate surface area is 131 Å². The SMILES string of the molecule is CCC(C)c1ccccc1NC(=O)NCOc1ccccc1. The predicted molar refractivity (Wildman–Crippen MR) is 89.2 cm³/mol. The minimum absolute atomic E-state index is 0.126. The number of ether oxygens (including phenoxy) is 1. The number of hydrogen-bond donors (Lipinski definition) is 2. The molecule has 1 unspecified atom stereocenters. The maximum absolute atomic E-state index is 12.0. The van der Waals surface area contributed by atoms with Crippen molar-refractivity contribution < 1.29 is 9.53 Å². The van der Waals surface area contributed by atoms with Crippen molar-refractivity contribution in [3.63, 3.8) is 0 Å². The van der Waals surface area contributed by atoms with E-state index in [4.69, 9.17) is 4.74 Å². The lowest BCUT2D eigenvalue weighted by Gasteiger charge is -2.16. The molecular formula is C18H22N2O2. The van der Waals surface area contributed by atoms with Crippen LogP contribution in [0.1, 0.15) is 31.7 Å². The van der Waals surface area contributed by atoms with Gasteiger partial charge in [0.15, 0.2) is 6.73 Å². The van der Waals surface area contributed by atoms with Crippen molar-refractivity contribution in [1.82, 2.24) is 5.32 Å². The Morgan fingerprint density at radius 2 is 1.77 bits per heavy atom. The van der Waals surface area contributed by atoms with Crippen LogP contribution in [0, 0.1) is 0 Å². The van der Waals surface area contributed by atoms with Gasteiger partial charge in [0.1, 0.15) is 5.75 Å². The Morgan fingerprint density at radius 1 is 1.09 bits per heavy atom. The first-order valence-corrected chi connectivity index (χ1v) is 7.52. The summed E-state index contributed by atoms with van der Waals surface area (Å²) in [5.74, 6) is 1.12. The normalized spacial score (nSPS) is 11.5. The molecule has 0 saturated heterocycles. The number of benzene rings is 2. The number of hydrogen-bond acceptors (Lipinski definition) is 2. The molecule has 0 spiro atoms. The van der Waals surface area contributed by atoms with E-state index in [0.29, 0.717) is 5.92 Å². The summed E-state index contributed by atoms with van der Waals surface area (Å²) in [6.07, 6.45) is 1.03. The van der Waals surface area contributed by atoms with Gasteiger partial charge >= 0.3 is 6.03 Å². The van der Waals surface area contributed by atoms with Gasteiger partial charge in [-0.05, 0) is 36.1 Å². The zero-order chi connectivity index (χ0) is 15.8. The van der Waals surface area contributed by atoms with Crippen LogP contribution >= 0.6 is 0 Å². The van der Waals surface area contributed by atoms with Crippen LogP contribution in [-0.4, -0.2) is 12.8 Å². The molecular weight excluding hydrogens is 276 g/mol. The first-order valence-electron chi connectivity index (χ1n) is 7.52. The highest BCUT2D eigenvalue weighted by molar-refractivity contribution is 5.90. The van der Waals surface area contributed by atoms with Gasteiger partial charge in [0.25, 0.3) is 0 Å². The van der Waals surface area contributed by atoms with Gasteiger partial charge in [-0.15, -0.1) is 0 Å². The van der Waals surface area contributed by atoms with E-state index < -0.39 is 0 Å².